The molecule has 198 valence electrons. The third-order valence-electron chi connectivity index (χ3n) is 7.01. The van der Waals surface area contributed by atoms with E-state index in [0.717, 1.165) is 35.6 Å². The van der Waals surface area contributed by atoms with Crippen LogP contribution in [0.5, 0.6) is 0 Å². The molecule has 4 rings (SSSR count). The van der Waals surface area contributed by atoms with Crippen molar-refractivity contribution in [2.24, 2.45) is 5.92 Å². The molecule has 1 aliphatic heterocycles. The van der Waals surface area contributed by atoms with E-state index in [-0.39, 0.29) is 17.9 Å². The molecule has 3 heterocycles. The zero-order valence-corrected chi connectivity index (χ0v) is 23.1. The summed E-state index contributed by atoms with van der Waals surface area (Å²) < 4.78 is 7.54. The quantitative estimate of drug-likeness (QED) is 0.460. The summed E-state index contributed by atoms with van der Waals surface area (Å²) in [5.41, 5.74) is 7.49. The number of rotatable bonds is 5. The SMILES string of the molecule is Cc1cccc(C)c1CNc1cc(NC(=O)[C@H]2CCCN(C(=O)OC(C)(C)C)C2)cn2c(C)c(C)nc12. The van der Waals surface area contributed by atoms with Gasteiger partial charge in [0.25, 0.3) is 0 Å². The second-order valence-electron chi connectivity index (χ2n) is 11.1. The van der Waals surface area contributed by atoms with Crippen LogP contribution in [0.1, 0.15) is 61.7 Å². The van der Waals surface area contributed by atoms with Crippen molar-refractivity contribution in [2.75, 3.05) is 23.7 Å². The van der Waals surface area contributed by atoms with Crippen molar-refractivity contribution in [3.05, 3.63) is 58.5 Å². The normalized spacial score (nSPS) is 16.1. The van der Waals surface area contributed by atoms with Crippen LogP contribution in [0.25, 0.3) is 5.65 Å². The number of aryl methyl sites for hydroxylation is 4. The topological polar surface area (TPSA) is 88.0 Å². The van der Waals surface area contributed by atoms with E-state index < -0.39 is 5.60 Å². The fourth-order valence-electron chi connectivity index (χ4n) is 4.81. The summed E-state index contributed by atoms with van der Waals surface area (Å²) in [5, 5.41) is 6.66. The lowest BCUT2D eigenvalue weighted by Gasteiger charge is -2.33. The number of ether oxygens (including phenoxy) is 1. The van der Waals surface area contributed by atoms with Crippen LogP contribution in [0, 0.1) is 33.6 Å². The Hall–Kier alpha value is -3.55. The molecule has 0 bridgehead atoms. The van der Waals surface area contributed by atoms with Crippen LogP contribution < -0.4 is 10.6 Å². The number of piperidine rings is 1. The second kappa shape index (κ2) is 10.4. The fourth-order valence-corrected chi connectivity index (χ4v) is 4.81. The molecule has 2 N–H and O–H groups in total. The molecule has 1 atom stereocenters. The molecule has 8 heteroatoms. The number of benzene rings is 1. The van der Waals surface area contributed by atoms with Crippen molar-refractivity contribution in [1.29, 1.82) is 0 Å². The standard InChI is InChI=1S/C29H39N5O3/c1-18-10-8-11-19(2)24(18)15-30-25-14-23(17-34-21(4)20(3)31-26(25)34)32-27(35)22-12-9-13-33(16-22)28(36)37-29(5,6)7/h8,10-11,14,17,22,30H,9,12-13,15-16H2,1-7H3,(H,32,35)/t22-/m0/s1. The second-order valence-corrected chi connectivity index (χ2v) is 11.1. The summed E-state index contributed by atoms with van der Waals surface area (Å²) >= 11 is 0. The van der Waals surface area contributed by atoms with E-state index in [1.54, 1.807) is 4.90 Å². The molecule has 2 aromatic heterocycles. The van der Waals surface area contributed by atoms with E-state index in [9.17, 15) is 9.59 Å². The number of carbonyl (C=O) groups is 2. The van der Waals surface area contributed by atoms with Gasteiger partial charge in [-0.3, -0.25) is 4.79 Å². The number of nitrogens with one attached hydrogen (secondary N) is 2. The van der Waals surface area contributed by atoms with Crippen molar-refractivity contribution < 1.29 is 14.3 Å². The van der Waals surface area contributed by atoms with Crippen LogP contribution >= 0.6 is 0 Å². The summed E-state index contributed by atoms with van der Waals surface area (Å²) in [6, 6.07) is 8.25. The van der Waals surface area contributed by atoms with Crippen molar-refractivity contribution in [1.82, 2.24) is 14.3 Å². The lowest BCUT2D eigenvalue weighted by atomic mass is 9.97. The average molecular weight is 506 g/mol. The molecule has 3 aromatic rings. The highest BCUT2D eigenvalue weighted by atomic mass is 16.6. The zero-order valence-electron chi connectivity index (χ0n) is 23.1. The van der Waals surface area contributed by atoms with Gasteiger partial charge in [0.05, 0.1) is 23.0 Å². The van der Waals surface area contributed by atoms with Crippen molar-refractivity contribution in [2.45, 2.75) is 73.5 Å². The first kappa shape index (κ1) is 26.5. The van der Waals surface area contributed by atoms with Gasteiger partial charge < -0.3 is 24.7 Å². The first-order chi connectivity index (χ1) is 17.4. The number of pyridine rings is 1. The van der Waals surface area contributed by atoms with Crippen LogP contribution in [0.3, 0.4) is 0 Å². The van der Waals surface area contributed by atoms with Crippen molar-refractivity contribution in [3.63, 3.8) is 0 Å². The van der Waals surface area contributed by atoms with E-state index in [2.05, 4.69) is 42.7 Å². The smallest absolute Gasteiger partial charge is 0.410 e. The summed E-state index contributed by atoms with van der Waals surface area (Å²) in [5.74, 6) is -0.392. The number of nitrogens with zero attached hydrogens (tertiary/aromatic N) is 3. The Labute approximate surface area is 219 Å². The Balaban J connectivity index is 1.54. The monoisotopic (exact) mass is 505 g/mol. The predicted molar refractivity (Wildman–Crippen MR) is 147 cm³/mol. The molecule has 0 unspecified atom stereocenters. The Morgan fingerprint density at radius 3 is 2.51 bits per heavy atom. The Morgan fingerprint density at radius 2 is 1.84 bits per heavy atom. The van der Waals surface area contributed by atoms with Gasteiger partial charge in [0.2, 0.25) is 5.91 Å². The molecule has 37 heavy (non-hydrogen) atoms. The first-order valence-electron chi connectivity index (χ1n) is 13.0. The van der Waals surface area contributed by atoms with Crippen molar-refractivity contribution in [3.8, 4) is 0 Å². The van der Waals surface area contributed by atoms with Gasteiger partial charge in [-0.15, -0.1) is 0 Å². The highest BCUT2D eigenvalue weighted by Crippen LogP contribution is 2.27. The van der Waals surface area contributed by atoms with E-state index in [1.165, 1.54) is 16.7 Å². The van der Waals surface area contributed by atoms with E-state index in [4.69, 9.17) is 9.72 Å². The highest BCUT2D eigenvalue weighted by molar-refractivity contribution is 5.94. The number of imidazole rings is 1. The molecule has 0 radical (unpaired) electrons. The van der Waals surface area contributed by atoms with E-state index in [0.29, 0.717) is 25.3 Å². The minimum absolute atomic E-state index is 0.0946. The first-order valence-corrected chi connectivity index (χ1v) is 13.0. The average Bonchev–Trinajstić information content (AvgIpc) is 3.11. The molecule has 0 saturated carbocycles. The van der Waals surface area contributed by atoms with Crippen LogP contribution in [-0.2, 0) is 16.1 Å². The summed E-state index contributed by atoms with van der Waals surface area (Å²) in [7, 11) is 0. The van der Waals surface area contributed by atoms with Crippen LogP contribution in [0.4, 0.5) is 16.2 Å². The molecular formula is C29H39N5O3. The molecule has 1 saturated heterocycles. The van der Waals surface area contributed by atoms with Gasteiger partial charge in [-0.1, -0.05) is 18.2 Å². The number of carbonyl (C=O) groups excluding carboxylic acids is 2. The highest BCUT2D eigenvalue weighted by Gasteiger charge is 2.31. The molecule has 0 aliphatic carbocycles. The number of amides is 2. The Morgan fingerprint density at radius 1 is 1.14 bits per heavy atom. The minimum Gasteiger partial charge on any atom is -0.444 e. The zero-order chi connectivity index (χ0) is 26.9. The lowest BCUT2D eigenvalue weighted by Crippen LogP contribution is -2.45. The molecule has 1 fully saturated rings. The summed E-state index contributed by atoms with van der Waals surface area (Å²) in [6.45, 7) is 15.4. The summed E-state index contributed by atoms with van der Waals surface area (Å²) in [6.07, 6.45) is 3.04. The number of fused-ring (bicyclic) bond motifs is 1. The van der Waals surface area contributed by atoms with Crippen LogP contribution in [0.2, 0.25) is 0 Å². The lowest BCUT2D eigenvalue weighted by molar-refractivity contribution is -0.121. The maximum atomic E-state index is 13.3. The van der Waals surface area contributed by atoms with Gasteiger partial charge in [0.15, 0.2) is 5.65 Å². The van der Waals surface area contributed by atoms with Gasteiger partial charge in [-0.25, -0.2) is 9.78 Å². The maximum Gasteiger partial charge on any atom is 0.410 e. The number of anilines is 2. The molecule has 8 nitrogen and oxygen atoms in total. The number of hydrogen-bond donors (Lipinski definition) is 2. The summed E-state index contributed by atoms with van der Waals surface area (Å²) in [4.78, 5) is 32.3. The number of likely N-dealkylation sites (tertiary alicyclic amines) is 1. The molecule has 1 aliphatic rings. The number of hydrogen-bond acceptors (Lipinski definition) is 5. The molecular weight excluding hydrogens is 466 g/mol. The van der Waals surface area contributed by atoms with Crippen molar-refractivity contribution >= 4 is 29.0 Å². The maximum absolute atomic E-state index is 13.3. The van der Waals surface area contributed by atoms with Crippen LogP contribution in [-0.4, -0.2) is 45.0 Å². The van der Waals surface area contributed by atoms with E-state index >= 15 is 0 Å². The number of aromatic nitrogens is 2. The van der Waals surface area contributed by atoms with E-state index in [1.807, 2.05) is 51.3 Å². The van der Waals surface area contributed by atoms with Gasteiger partial charge in [0, 0.05) is 31.5 Å². The van der Waals surface area contributed by atoms with Gasteiger partial charge >= 0.3 is 6.09 Å². The Kier molecular flexibility index (Phi) is 7.48. The minimum atomic E-state index is -0.567. The fraction of sp³-hybridized carbons (Fsp3) is 0.483. The largest absolute Gasteiger partial charge is 0.444 e. The molecule has 2 amide bonds. The molecule has 1 aromatic carbocycles. The van der Waals surface area contributed by atoms with Gasteiger partial charge in [0.1, 0.15) is 5.60 Å². The van der Waals surface area contributed by atoms with Gasteiger partial charge in [-0.2, -0.15) is 0 Å². The van der Waals surface area contributed by atoms with Crippen LogP contribution in [0.15, 0.2) is 30.5 Å². The third-order valence-corrected chi connectivity index (χ3v) is 7.01. The van der Waals surface area contributed by atoms with Gasteiger partial charge in [-0.05, 0) is 84.1 Å². The Bertz CT molecular complexity index is 1300. The molecule has 0 spiro atoms. The predicted octanol–water partition coefficient (Wildman–Crippen LogP) is 5.77. The third kappa shape index (κ3) is 6.06.